The van der Waals surface area contributed by atoms with E-state index in [4.69, 9.17) is 16.2 Å². The van der Waals surface area contributed by atoms with Crippen molar-refractivity contribution in [2.45, 2.75) is 32.0 Å². The third kappa shape index (κ3) is 5.43. The standard InChI is InChI=1S/C20H21BF3N4O3/c22-13-7-16(23)14(17(24)8-13)9-28(5-1-2-18(25)19(29)27-26)20(30)11-3-4-15-12(6-11)10-31-21-15/h3-4,6-8,18H,1-2,5,9-10,25-26H2,(H,27,29)/t18-/m0/s1. The van der Waals surface area contributed by atoms with Crippen LogP contribution >= 0.6 is 0 Å². The molecule has 3 rings (SSSR count). The Hall–Kier alpha value is -2.89. The minimum atomic E-state index is -1.09. The van der Waals surface area contributed by atoms with Crippen molar-refractivity contribution >= 4 is 24.8 Å². The van der Waals surface area contributed by atoms with E-state index < -0.39 is 47.4 Å². The van der Waals surface area contributed by atoms with Gasteiger partial charge in [0.05, 0.1) is 19.2 Å². The smallest absolute Gasteiger partial charge is 0.330 e. The molecule has 1 atom stereocenters. The number of nitrogens with one attached hydrogen (secondary N) is 1. The molecule has 0 saturated heterocycles. The van der Waals surface area contributed by atoms with Gasteiger partial charge >= 0.3 is 7.48 Å². The first-order valence-corrected chi connectivity index (χ1v) is 9.56. The van der Waals surface area contributed by atoms with Gasteiger partial charge in [-0.3, -0.25) is 15.0 Å². The van der Waals surface area contributed by atoms with Crippen molar-refractivity contribution < 1.29 is 27.4 Å². The largest absolute Gasteiger partial charge is 0.430 e. The highest BCUT2D eigenvalue weighted by atomic mass is 19.1. The number of rotatable bonds is 8. The molecule has 11 heteroatoms. The molecule has 1 aliphatic rings. The molecule has 0 aliphatic carbocycles. The van der Waals surface area contributed by atoms with Crippen LogP contribution in [0.1, 0.15) is 34.3 Å². The number of carbonyl (C=O) groups is 2. The van der Waals surface area contributed by atoms with E-state index in [1.54, 1.807) is 25.7 Å². The highest BCUT2D eigenvalue weighted by molar-refractivity contribution is 6.48. The summed E-state index contributed by atoms with van der Waals surface area (Å²) in [5.41, 5.74) is 9.18. The van der Waals surface area contributed by atoms with E-state index in [1.807, 2.05) is 5.43 Å². The Bertz CT molecular complexity index is 969. The number of hydrogen-bond acceptors (Lipinski definition) is 5. The molecule has 1 radical (unpaired) electrons. The Morgan fingerprint density at radius 1 is 1.19 bits per heavy atom. The normalized spacial score (nSPS) is 13.3. The number of fused-ring (bicyclic) bond motifs is 1. The third-order valence-electron chi connectivity index (χ3n) is 5.00. The number of halogens is 3. The quantitative estimate of drug-likeness (QED) is 0.245. The van der Waals surface area contributed by atoms with E-state index in [0.29, 0.717) is 24.3 Å². The van der Waals surface area contributed by atoms with Crippen molar-refractivity contribution in [1.29, 1.82) is 0 Å². The van der Waals surface area contributed by atoms with Crippen LogP contribution in [0, 0.1) is 17.5 Å². The number of benzene rings is 2. The lowest BCUT2D eigenvalue weighted by molar-refractivity contribution is -0.122. The predicted octanol–water partition coefficient (Wildman–Crippen LogP) is 0.618. The monoisotopic (exact) mass is 433 g/mol. The van der Waals surface area contributed by atoms with Crippen molar-refractivity contribution in [3.8, 4) is 0 Å². The second kappa shape index (κ2) is 9.95. The summed E-state index contributed by atoms with van der Waals surface area (Å²) in [6.45, 7) is -0.0457. The number of hydrazine groups is 1. The van der Waals surface area contributed by atoms with Crippen LogP contribution in [-0.2, 0) is 22.6 Å². The molecule has 0 unspecified atom stereocenters. The van der Waals surface area contributed by atoms with Gasteiger partial charge in [0.1, 0.15) is 17.5 Å². The summed E-state index contributed by atoms with van der Waals surface area (Å²) >= 11 is 0. The van der Waals surface area contributed by atoms with Crippen molar-refractivity contribution in [3.63, 3.8) is 0 Å². The maximum Gasteiger partial charge on any atom is 0.330 e. The van der Waals surface area contributed by atoms with Crippen molar-refractivity contribution in [2.24, 2.45) is 11.6 Å². The van der Waals surface area contributed by atoms with E-state index >= 15 is 0 Å². The van der Waals surface area contributed by atoms with Crippen LogP contribution in [0.4, 0.5) is 13.2 Å². The summed E-state index contributed by atoms with van der Waals surface area (Å²) < 4.78 is 46.9. The maximum atomic E-state index is 14.2. The fourth-order valence-electron chi connectivity index (χ4n) is 3.29. The number of hydrogen-bond donors (Lipinski definition) is 3. The van der Waals surface area contributed by atoms with E-state index in [1.165, 1.54) is 4.90 Å². The molecule has 0 fully saturated rings. The fourth-order valence-corrected chi connectivity index (χ4v) is 3.29. The average Bonchev–Trinajstić information content (AvgIpc) is 3.21. The Kier molecular flexibility index (Phi) is 7.31. The summed E-state index contributed by atoms with van der Waals surface area (Å²) in [4.78, 5) is 25.8. The van der Waals surface area contributed by atoms with Crippen LogP contribution in [0.15, 0.2) is 30.3 Å². The Labute approximate surface area is 177 Å². The van der Waals surface area contributed by atoms with Gasteiger partial charge in [-0.15, -0.1) is 0 Å². The van der Waals surface area contributed by atoms with Gasteiger partial charge in [-0.25, -0.2) is 19.0 Å². The molecule has 1 aliphatic heterocycles. The summed E-state index contributed by atoms with van der Waals surface area (Å²) in [5, 5.41) is 0. The second-order valence-corrected chi connectivity index (χ2v) is 7.17. The zero-order valence-corrected chi connectivity index (χ0v) is 16.5. The molecule has 0 bridgehead atoms. The van der Waals surface area contributed by atoms with Gasteiger partial charge in [0, 0.05) is 29.8 Å². The first-order chi connectivity index (χ1) is 14.8. The molecular formula is C20H21BF3N4O3. The lowest BCUT2D eigenvalue weighted by Crippen LogP contribution is -2.44. The lowest BCUT2D eigenvalue weighted by Gasteiger charge is -2.24. The Balaban J connectivity index is 1.81. The SMILES string of the molecule is NNC(=O)[C@@H](N)CCCN(Cc1c(F)cc(F)cc1F)C(=O)c1ccc2c(c1)CO[B]2. The number of nitrogens with two attached hydrogens (primary N) is 2. The van der Waals surface area contributed by atoms with E-state index in [-0.39, 0.29) is 19.4 Å². The topological polar surface area (TPSA) is 111 Å². The molecule has 163 valence electrons. The van der Waals surface area contributed by atoms with Gasteiger partial charge in [-0.05, 0) is 36.0 Å². The Morgan fingerprint density at radius 2 is 1.90 bits per heavy atom. The fraction of sp³-hybridized carbons (Fsp3) is 0.300. The maximum absolute atomic E-state index is 14.2. The molecule has 7 nitrogen and oxygen atoms in total. The minimum Gasteiger partial charge on any atom is -0.430 e. The van der Waals surface area contributed by atoms with Crippen LogP contribution in [0.25, 0.3) is 0 Å². The van der Waals surface area contributed by atoms with Gasteiger partial charge < -0.3 is 15.3 Å². The number of carbonyl (C=O) groups excluding carboxylic acids is 2. The summed E-state index contributed by atoms with van der Waals surface area (Å²) in [7, 11) is 1.58. The molecule has 1 heterocycles. The molecule has 31 heavy (non-hydrogen) atoms. The third-order valence-corrected chi connectivity index (χ3v) is 5.00. The van der Waals surface area contributed by atoms with Gasteiger partial charge in [0.15, 0.2) is 0 Å². The first-order valence-electron chi connectivity index (χ1n) is 9.56. The predicted molar refractivity (Wildman–Crippen MR) is 107 cm³/mol. The van der Waals surface area contributed by atoms with E-state index in [0.717, 1.165) is 11.0 Å². The van der Waals surface area contributed by atoms with Gasteiger partial charge in [-0.2, -0.15) is 0 Å². The summed E-state index contributed by atoms with van der Waals surface area (Å²) in [5.74, 6) is 0.774. The van der Waals surface area contributed by atoms with Crippen LogP contribution in [0.2, 0.25) is 0 Å². The van der Waals surface area contributed by atoms with Crippen LogP contribution in [-0.4, -0.2) is 36.8 Å². The number of amides is 2. The van der Waals surface area contributed by atoms with Crippen LogP contribution < -0.4 is 22.5 Å². The van der Waals surface area contributed by atoms with Crippen molar-refractivity contribution in [3.05, 3.63) is 64.5 Å². The van der Waals surface area contributed by atoms with Crippen molar-refractivity contribution in [2.75, 3.05) is 6.54 Å². The van der Waals surface area contributed by atoms with Crippen molar-refractivity contribution in [1.82, 2.24) is 10.3 Å². The highest BCUT2D eigenvalue weighted by Gasteiger charge is 2.23. The molecule has 2 amide bonds. The van der Waals surface area contributed by atoms with E-state index in [9.17, 15) is 22.8 Å². The van der Waals surface area contributed by atoms with Crippen LogP contribution in [0.5, 0.6) is 0 Å². The Morgan fingerprint density at radius 3 is 2.58 bits per heavy atom. The number of nitrogens with zero attached hydrogens (tertiary/aromatic N) is 1. The molecule has 0 spiro atoms. The van der Waals surface area contributed by atoms with Gasteiger partial charge in [-0.1, -0.05) is 6.07 Å². The lowest BCUT2D eigenvalue weighted by atomic mass is 9.86. The zero-order chi connectivity index (χ0) is 22.5. The van der Waals surface area contributed by atoms with E-state index in [2.05, 4.69) is 0 Å². The molecule has 0 aromatic heterocycles. The molecular weight excluding hydrogens is 412 g/mol. The van der Waals surface area contributed by atoms with Gasteiger partial charge in [0.25, 0.3) is 11.8 Å². The highest BCUT2D eigenvalue weighted by Crippen LogP contribution is 2.20. The average molecular weight is 433 g/mol. The molecule has 2 aromatic carbocycles. The molecule has 5 N–H and O–H groups in total. The molecule has 0 saturated carbocycles. The van der Waals surface area contributed by atoms with Crippen LogP contribution in [0.3, 0.4) is 0 Å². The summed E-state index contributed by atoms with van der Waals surface area (Å²) in [6, 6.07) is 5.18. The summed E-state index contributed by atoms with van der Waals surface area (Å²) in [6.07, 6.45) is 0.459. The first kappa shape index (κ1) is 22.8. The van der Waals surface area contributed by atoms with Gasteiger partial charge in [0.2, 0.25) is 0 Å². The molecule has 2 aromatic rings. The minimum absolute atomic E-state index is 0.0559. The zero-order valence-electron chi connectivity index (χ0n) is 16.5. The second-order valence-electron chi connectivity index (χ2n) is 7.17.